The van der Waals surface area contributed by atoms with E-state index in [-0.39, 0.29) is 27.8 Å². The summed E-state index contributed by atoms with van der Waals surface area (Å²) >= 11 is 0. The van der Waals surface area contributed by atoms with E-state index in [4.69, 9.17) is 4.74 Å². The van der Waals surface area contributed by atoms with Gasteiger partial charge in [0.25, 0.3) is 15.9 Å². The van der Waals surface area contributed by atoms with Gasteiger partial charge in [0, 0.05) is 11.7 Å². The molecule has 0 aliphatic carbocycles. The van der Waals surface area contributed by atoms with Gasteiger partial charge in [0.1, 0.15) is 5.82 Å². The molecule has 156 valence electrons. The van der Waals surface area contributed by atoms with Crippen molar-refractivity contribution in [2.45, 2.75) is 44.7 Å². The summed E-state index contributed by atoms with van der Waals surface area (Å²) in [6, 6.07) is 8.85. The van der Waals surface area contributed by atoms with Crippen LogP contribution in [-0.4, -0.2) is 32.4 Å². The molecule has 1 amide bonds. The summed E-state index contributed by atoms with van der Waals surface area (Å²) in [6.07, 6.45) is -0.968. The summed E-state index contributed by atoms with van der Waals surface area (Å²) in [4.78, 5) is 23.9. The number of carbonyl (C=O) groups excluding carboxylic acids is 2. The molecule has 9 heteroatoms. The Balaban J connectivity index is 2.08. The van der Waals surface area contributed by atoms with Crippen molar-refractivity contribution < 1.29 is 27.1 Å². The van der Waals surface area contributed by atoms with Gasteiger partial charge in [0.2, 0.25) is 0 Å². The smallest absolute Gasteiger partial charge is 0.338 e. The Morgan fingerprint density at radius 2 is 1.66 bits per heavy atom. The molecule has 0 aliphatic rings. The highest BCUT2D eigenvalue weighted by molar-refractivity contribution is 7.92. The molecule has 0 spiro atoms. The van der Waals surface area contributed by atoms with Crippen molar-refractivity contribution in [3.63, 3.8) is 0 Å². The Morgan fingerprint density at radius 3 is 2.21 bits per heavy atom. The van der Waals surface area contributed by atoms with Crippen LogP contribution in [0.2, 0.25) is 0 Å². The number of hydrogen-bond acceptors (Lipinski definition) is 5. The van der Waals surface area contributed by atoms with E-state index in [1.807, 2.05) is 0 Å². The predicted octanol–water partition coefficient (Wildman–Crippen LogP) is 3.00. The number of aryl methyl sites for hydroxylation is 1. The fourth-order valence-corrected chi connectivity index (χ4v) is 3.77. The third-order valence-electron chi connectivity index (χ3n) is 3.88. The fourth-order valence-electron chi connectivity index (χ4n) is 2.48. The number of rotatable bonds is 7. The molecule has 7 nitrogen and oxygen atoms in total. The van der Waals surface area contributed by atoms with Crippen LogP contribution in [0.25, 0.3) is 0 Å². The maximum Gasteiger partial charge on any atom is 0.338 e. The molecule has 29 heavy (non-hydrogen) atoms. The first-order valence-electron chi connectivity index (χ1n) is 8.90. The van der Waals surface area contributed by atoms with Crippen LogP contribution in [0.1, 0.15) is 36.7 Å². The molecule has 1 atom stereocenters. The molecule has 0 bridgehead atoms. The molecule has 0 saturated heterocycles. The maximum atomic E-state index is 13.2. The zero-order valence-electron chi connectivity index (χ0n) is 16.5. The number of hydrogen-bond donors (Lipinski definition) is 2. The van der Waals surface area contributed by atoms with Crippen LogP contribution < -0.4 is 10.0 Å². The molecular formula is C20H23FN2O5S. The number of halogens is 1. The van der Waals surface area contributed by atoms with Crippen molar-refractivity contribution in [1.29, 1.82) is 0 Å². The standard InChI is InChI=1S/C20H23FN2O5S/c1-12(2)22-19(24)14(4)28-20(25)15-5-8-17(9-6-15)23-29(26,27)18-10-7-16(21)11-13(18)3/h5-12,14,23H,1-4H3,(H,22,24)/t14-/m1/s1. The van der Waals surface area contributed by atoms with E-state index in [0.717, 1.165) is 12.1 Å². The molecule has 0 fully saturated rings. The van der Waals surface area contributed by atoms with Crippen molar-refractivity contribution in [3.05, 3.63) is 59.4 Å². The number of esters is 1. The van der Waals surface area contributed by atoms with E-state index in [0.29, 0.717) is 0 Å². The van der Waals surface area contributed by atoms with Gasteiger partial charge in [-0.3, -0.25) is 9.52 Å². The van der Waals surface area contributed by atoms with Gasteiger partial charge in [0.15, 0.2) is 6.10 Å². The highest BCUT2D eigenvalue weighted by Gasteiger charge is 2.20. The minimum absolute atomic E-state index is 0.0487. The summed E-state index contributed by atoms with van der Waals surface area (Å²) in [7, 11) is -3.92. The van der Waals surface area contributed by atoms with E-state index < -0.39 is 33.8 Å². The first kappa shape index (κ1) is 22.4. The lowest BCUT2D eigenvalue weighted by Crippen LogP contribution is -2.39. The van der Waals surface area contributed by atoms with Crippen LogP contribution in [0.4, 0.5) is 10.1 Å². The van der Waals surface area contributed by atoms with Crippen LogP contribution in [0.15, 0.2) is 47.4 Å². The molecule has 2 N–H and O–H groups in total. The molecule has 0 saturated carbocycles. The van der Waals surface area contributed by atoms with Crippen LogP contribution >= 0.6 is 0 Å². The van der Waals surface area contributed by atoms with Crippen LogP contribution in [-0.2, 0) is 19.6 Å². The van der Waals surface area contributed by atoms with Crippen molar-refractivity contribution in [3.8, 4) is 0 Å². The van der Waals surface area contributed by atoms with Crippen LogP contribution in [0.3, 0.4) is 0 Å². The van der Waals surface area contributed by atoms with E-state index in [1.54, 1.807) is 13.8 Å². The summed E-state index contributed by atoms with van der Waals surface area (Å²) in [5.74, 6) is -1.65. The second-order valence-electron chi connectivity index (χ2n) is 6.80. The van der Waals surface area contributed by atoms with E-state index in [2.05, 4.69) is 10.0 Å². The molecule has 2 aromatic rings. The van der Waals surface area contributed by atoms with Gasteiger partial charge in [-0.2, -0.15) is 0 Å². The Hall–Kier alpha value is -2.94. The number of carbonyl (C=O) groups is 2. The molecule has 0 unspecified atom stereocenters. The van der Waals surface area contributed by atoms with E-state index >= 15 is 0 Å². The molecule has 0 heterocycles. The van der Waals surface area contributed by atoms with Gasteiger partial charge in [-0.15, -0.1) is 0 Å². The van der Waals surface area contributed by atoms with Crippen molar-refractivity contribution in [2.24, 2.45) is 0 Å². The Labute approximate surface area is 169 Å². The van der Waals surface area contributed by atoms with Gasteiger partial charge in [0.05, 0.1) is 10.5 Å². The number of amides is 1. The molecule has 2 rings (SSSR count). The number of sulfonamides is 1. The topological polar surface area (TPSA) is 102 Å². The third kappa shape index (κ3) is 6.02. The quantitative estimate of drug-likeness (QED) is 0.668. The number of nitrogens with one attached hydrogen (secondary N) is 2. The Bertz CT molecular complexity index is 1000. The van der Waals surface area contributed by atoms with Gasteiger partial charge in [-0.05, 0) is 75.7 Å². The number of anilines is 1. The molecule has 0 aromatic heterocycles. The van der Waals surface area contributed by atoms with Gasteiger partial charge in [-0.25, -0.2) is 17.6 Å². The second-order valence-corrected chi connectivity index (χ2v) is 8.45. The molecule has 0 aliphatic heterocycles. The largest absolute Gasteiger partial charge is 0.449 e. The van der Waals surface area contributed by atoms with Gasteiger partial charge < -0.3 is 10.1 Å². The zero-order chi connectivity index (χ0) is 21.8. The minimum Gasteiger partial charge on any atom is -0.449 e. The third-order valence-corrected chi connectivity index (χ3v) is 5.42. The lowest BCUT2D eigenvalue weighted by Gasteiger charge is -2.15. The molecule has 2 aromatic carbocycles. The highest BCUT2D eigenvalue weighted by atomic mass is 32.2. The molecule has 0 radical (unpaired) electrons. The summed E-state index contributed by atoms with van der Waals surface area (Å²) in [5.41, 5.74) is 0.650. The SMILES string of the molecule is Cc1cc(F)ccc1S(=O)(=O)Nc1ccc(C(=O)O[C@H](C)C(=O)NC(C)C)cc1. The van der Waals surface area contributed by atoms with Gasteiger partial charge >= 0.3 is 5.97 Å². The zero-order valence-corrected chi connectivity index (χ0v) is 17.3. The lowest BCUT2D eigenvalue weighted by atomic mass is 10.2. The fraction of sp³-hybridized carbons (Fsp3) is 0.300. The maximum absolute atomic E-state index is 13.2. The van der Waals surface area contributed by atoms with Crippen molar-refractivity contribution in [1.82, 2.24) is 5.32 Å². The summed E-state index contributed by atoms with van der Waals surface area (Å²) in [6.45, 7) is 6.54. The first-order valence-corrected chi connectivity index (χ1v) is 10.4. The normalized spacial score (nSPS) is 12.3. The monoisotopic (exact) mass is 422 g/mol. The van der Waals surface area contributed by atoms with Crippen molar-refractivity contribution in [2.75, 3.05) is 4.72 Å². The lowest BCUT2D eigenvalue weighted by molar-refractivity contribution is -0.129. The number of ether oxygens (including phenoxy) is 1. The average molecular weight is 422 g/mol. The molecular weight excluding hydrogens is 399 g/mol. The summed E-state index contributed by atoms with van der Waals surface area (Å²) in [5, 5.41) is 2.64. The minimum atomic E-state index is -3.92. The first-order chi connectivity index (χ1) is 13.5. The number of benzene rings is 2. The van der Waals surface area contributed by atoms with Gasteiger partial charge in [-0.1, -0.05) is 0 Å². The Kier molecular flexibility index (Phi) is 6.97. The highest BCUT2D eigenvalue weighted by Crippen LogP contribution is 2.20. The Morgan fingerprint density at radius 1 is 1.03 bits per heavy atom. The second kappa shape index (κ2) is 9.04. The average Bonchev–Trinajstić information content (AvgIpc) is 2.60. The predicted molar refractivity (Wildman–Crippen MR) is 107 cm³/mol. The van der Waals surface area contributed by atoms with E-state index in [1.165, 1.54) is 44.2 Å². The van der Waals surface area contributed by atoms with Crippen molar-refractivity contribution >= 4 is 27.6 Å². The van der Waals surface area contributed by atoms with E-state index in [9.17, 15) is 22.4 Å². The van der Waals surface area contributed by atoms with Crippen LogP contribution in [0.5, 0.6) is 0 Å². The summed E-state index contributed by atoms with van der Waals surface area (Å²) < 4.78 is 45.7. The van der Waals surface area contributed by atoms with Crippen LogP contribution in [0, 0.1) is 12.7 Å².